The molecule has 0 aliphatic rings. The first kappa shape index (κ1) is 31.2. The fourth-order valence-corrected chi connectivity index (χ4v) is 3.39. The molecule has 0 spiro atoms. The minimum absolute atomic E-state index is 0.0995. The number of hydrogen-bond donors (Lipinski definition) is 1. The Bertz CT molecular complexity index is 1140. The number of nitrogens with zero attached hydrogens (tertiary/aromatic N) is 1. The van der Waals surface area contributed by atoms with E-state index in [9.17, 15) is 27.6 Å². The van der Waals surface area contributed by atoms with Crippen molar-refractivity contribution in [2.24, 2.45) is 5.92 Å². The lowest BCUT2D eigenvalue weighted by Crippen LogP contribution is -2.44. The number of carbonyl (C=O) groups is 3. The number of amides is 1. The fraction of sp³-hybridized carbons (Fsp3) is 0.462. The lowest BCUT2D eigenvalue weighted by molar-refractivity contribution is -0.156. The Morgan fingerprint density at radius 2 is 1.67 bits per heavy atom. The largest absolute Gasteiger partial charge is 0.493 e. The monoisotopic (exact) mass is 556 g/mol. The van der Waals surface area contributed by atoms with E-state index in [-0.39, 0.29) is 28.9 Å². The summed E-state index contributed by atoms with van der Waals surface area (Å²) in [6.45, 7) is 7.26. The normalized spacial score (nSPS) is 13.6. The molecule has 1 aromatic carbocycles. The van der Waals surface area contributed by atoms with Crippen LogP contribution in [-0.2, 0) is 25.2 Å². The highest BCUT2D eigenvalue weighted by atomic mass is 19.4. The van der Waals surface area contributed by atoms with Gasteiger partial charge in [0.2, 0.25) is 6.79 Å². The summed E-state index contributed by atoms with van der Waals surface area (Å²) in [4.78, 5) is 40.6. The second kappa shape index (κ2) is 13.7. The van der Waals surface area contributed by atoms with E-state index in [1.54, 1.807) is 20.8 Å². The number of benzene rings is 1. The molecule has 3 atom stereocenters. The highest BCUT2D eigenvalue weighted by molar-refractivity contribution is 5.98. The van der Waals surface area contributed by atoms with Gasteiger partial charge in [0.05, 0.1) is 12.7 Å². The number of rotatable bonds is 12. The van der Waals surface area contributed by atoms with Crippen molar-refractivity contribution in [2.75, 3.05) is 13.9 Å². The van der Waals surface area contributed by atoms with E-state index in [2.05, 4.69) is 10.3 Å². The summed E-state index contributed by atoms with van der Waals surface area (Å²) in [7, 11) is 1.34. The highest BCUT2D eigenvalue weighted by Crippen LogP contribution is 2.31. The topological polar surface area (TPSA) is 122 Å². The van der Waals surface area contributed by atoms with Crippen LogP contribution >= 0.6 is 0 Å². The first-order chi connectivity index (χ1) is 18.2. The Kier molecular flexibility index (Phi) is 10.9. The number of carbonyl (C=O) groups excluding carboxylic acids is 3. The molecule has 10 nitrogen and oxygen atoms in total. The van der Waals surface area contributed by atoms with Gasteiger partial charge in [0.1, 0.15) is 24.0 Å². The number of aromatic nitrogens is 1. The lowest BCUT2D eigenvalue weighted by atomic mass is 10.0. The molecule has 0 bridgehead atoms. The van der Waals surface area contributed by atoms with Gasteiger partial charge in [0.15, 0.2) is 17.2 Å². The summed E-state index contributed by atoms with van der Waals surface area (Å²) in [6, 6.07) is 4.49. The van der Waals surface area contributed by atoms with Crippen molar-refractivity contribution in [3.63, 3.8) is 0 Å². The van der Waals surface area contributed by atoms with Crippen LogP contribution in [0.4, 0.5) is 13.2 Å². The quantitative estimate of drug-likeness (QED) is 0.303. The summed E-state index contributed by atoms with van der Waals surface area (Å²) in [5.41, 5.74) is -1.04. The average Bonchev–Trinajstić information content (AvgIpc) is 2.86. The van der Waals surface area contributed by atoms with Crippen molar-refractivity contribution in [3.05, 3.63) is 47.8 Å². The molecule has 2 rings (SSSR count). The summed E-state index contributed by atoms with van der Waals surface area (Å²) in [5, 5.41) is 2.46. The number of esters is 2. The second-order valence-corrected chi connectivity index (χ2v) is 8.77. The predicted octanol–water partition coefficient (Wildman–Crippen LogP) is 4.16. The Hall–Kier alpha value is -4.03. The van der Waals surface area contributed by atoms with Crippen molar-refractivity contribution in [2.45, 2.75) is 59.0 Å². The molecular formula is C26H31F3N2O8. The van der Waals surface area contributed by atoms with Gasteiger partial charge < -0.3 is 29.0 Å². The third kappa shape index (κ3) is 9.04. The number of pyridine rings is 1. The minimum Gasteiger partial charge on any atom is -0.493 e. The lowest BCUT2D eigenvalue weighted by Gasteiger charge is -2.29. The van der Waals surface area contributed by atoms with Crippen LogP contribution in [0, 0.1) is 5.92 Å². The molecule has 1 amide bonds. The van der Waals surface area contributed by atoms with Gasteiger partial charge in [-0.25, -0.2) is 9.78 Å². The average molecular weight is 557 g/mol. The van der Waals surface area contributed by atoms with E-state index >= 15 is 0 Å². The van der Waals surface area contributed by atoms with E-state index in [1.165, 1.54) is 45.4 Å². The zero-order valence-corrected chi connectivity index (χ0v) is 22.3. The number of nitrogens with one attached hydrogen (secondary N) is 1. The maximum absolute atomic E-state index is 12.9. The molecule has 2 aromatic rings. The molecule has 0 aliphatic carbocycles. The third-order valence-electron chi connectivity index (χ3n) is 5.35. The molecule has 1 N–H and O–H groups in total. The second-order valence-electron chi connectivity index (χ2n) is 8.77. The molecule has 0 unspecified atom stereocenters. The predicted molar refractivity (Wildman–Crippen MR) is 131 cm³/mol. The van der Waals surface area contributed by atoms with Gasteiger partial charge >= 0.3 is 18.1 Å². The van der Waals surface area contributed by atoms with E-state index in [4.69, 9.17) is 23.7 Å². The fourth-order valence-electron chi connectivity index (χ4n) is 3.39. The number of halogens is 3. The SMILES string of the molecule is COc1ccnc(C(=O)N[C@@H](C)C(=O)O[C@@H](C)[C@H](Oc2ccc(C(F)(F)F)cc2)C(C)C)c1OCOC(C)=O. The molecular weight excluding hydrogens is 525 g/mol. The number of alkyl halides is 3. The van der Waals surface area contributed by atoms with Crippen LogP contribution in [0.1, 0.15) is 50.7 Å². The van der Waals surface area contributed by atoms with Crippen LogP contribution in [0.25, 0.3) is 0 Å². The number of methoxy groups -OCH3 is 1. The van der Waals surface area contributed by atoms with Gasteiger partial charge in [-0.05, 0) is 44.0 Å². The van der Waals surface area contributed by atoms with Crippen molar-refractivity contribution >= 4 is 17.8 Å². The summed E-state index contributed by atoms with van der Waals surface area (Å²) < 4.78 is 65.1. The van der Waals surface area contributed by atoms with Gasteiger partial charge in [-0.3, -0.25) is 9.59 Å². The minimum atomic E-state index is -4.48. The Morgan fingerprint density at radius 3 is 2.21 bits per heavy atom. The Morgan fingerprint density at radius 1 is 1.03 bits per heavy atom. The number of ether oxygens (including phenoxy) is 5. The standard InChI is InChI=1S/C26H31F3N2O8/c1-14(2)22(39-19-9-7-18(8-10-19)26(27,28)29)16(4)38-25(34)15(3)31-24(33)21-23(37-13-36-17(5)32)20(35-6)11-12-30-21/h7-12,14-16,22H,13H2,1-6H3,(H,31,33)/t15-,16-,22+/m0/s1. The van der Waals surface area contributed by atoms with Gasteiger partial charge in [0.25, 0.3) is 5.91 Å². The van der Waals surface area contributed by atoms with Gasteiger partial charge in [-0.15, -0.1) is 0 Å². The van der Waals surface area contributed by atoms with Crippen LogP contribution < -0.4 is 19.5 Å². The third-order valence-corrected chi connectivity index (χ3v) is 5.35. The molecule has 1 heterocycles. The molecule has 0 radical (unpaired) electrons. The van der Waals surface area contributed by atoms with E-state index in [0.717, 1.165) is 12.1 Å². The molecule has 13 heteroatoms. The van der Waals surface area contributed by atoms with Crippen LogP contribution in [0.15, 0.2) is 36.5 Å². The van der Waals surface area contributed by atoms with E-state index in [0.29, 0.717) is 0 Å². The summed E-state index contributed by atoms with van der Waals surface area (Å²) >= 11 is 0. The van der Waals surface area contributed by atoms with Crippen LogP contribution in [0.2, 0.25) is 0 Å². The first-order valence-corrected chi connectivity index (χ1v) is 11.9. The molecule has 214 valence electrons. The summed E-state index contributed by atoms with van der Waals surface area (Å²) in [6.07, 6.45) is -4.70. The van der Waals surface area contributed by atoms with E-state index in [1.807, 2.05) is 0 Å². The van der Waals surface area contributed by atoms with Crippen LogP contribution in [0.3, 0.4) is 0 Å². The molecule has 0 saturated heterocycles. The van der Waals surface area contributed by atoms with Gasteiger partial charge in [-0.2, -0.15) is 13.2 Å². The van der Waals surface area contributed by atoms with Crippen molar-refractivity contribution < 1.29 is 51.2 Å². The van der Waals surface area contributed by atoms with Gasteiger partial charge in [-0.1, -0.05) is 13.8 Å². The molecule has 1 aromatic heterocycles. The maximum atomic E-state index is 12.9. The molecule has 0 aliphatic heterocycles. The van der Waals surface area contributed by atoms with Crippen molar-refractivity contribution in [1.82, 2.24) is 10.3 Å². The van der Waals surface area contributed by atoms with Crippen molar-refractivity contribution in [1.29, 1.82) is 0 Å². The molecule has 0 fully saturated rings. The highest BCUT2D eigenvalue weighted by Gasteiger charge is 2.32. The number of hydrogen-bond acceptors (Lipinski definition) is 9. The zero-order valence-electron chi connectivity index (χ0n) is 22.3. The molecule has 0 saturated carbocycles. The first-order valence-electron chi connectivity index (χ1n) is 11.9. The van der Waals surface area contributed by atoms with Crippen molar-refractivity contribution in [3.8, 4) is 17.2 Å². The Labute approximate surface area is 223 Å². The summed E-state index contributed by atoms with van der Waals surface area (Å²) in [5.74, 6) is -2.14. The van der Waals surface area contributed by atoms with Gasteiger partial charge in [0, 0.05) is 19.2 Å². The molecule has 39 heavy (non-hydrogen) atoms. The maximum Gasteiger partial charge on any atom is 0.416 e. The van der Waals surface area contributed by atoms with E-state index < -0.39 is 54.6 Å². The zero-order chi connectivity index (χ0) is 29.3. The van der Waals surface area contributed by atoms with Crippen LogP contribution in [0.5, 0.6) is 17.2 Å². The Balaban J connectivity index is 2.07. The smallest absolute Gasteiger partial charge is 0.416 e. The van der Waals surface area contributed by atoms with Crippen LogP contribution in [-0.4, -0.2) is 55.0 Å².